The molecule has 0 atom stereocenters. The third kappa shape index (κ3) is 4.06. The Bertz CT molecular complexity index is 381. The molecule has 108 valence electrons. The van der Waals surface area contributed by atoms with Crippen LogP contribution in [0.2, 0.25) is 0 Å². The molecule has 1 aromatic rings. The highest BCUT2D eigenvalue weighted by molar-refractivity contribution is 5.56. The van der Waals surface area contributed by atoms with Gasteiger partial charge in [0.15, 0.2) is 0 Å². The average molecular weight is 265 g/mol. The van der Waals surface area contributed by atoms with Gasteiger partial charge in [-0.05, 0) is 24.2 Å². The Morgan fingerprint density at radius 2 is 1.68 bits per heavy atom. The first-order valence-corrected chi connectivity index (χ1v) is 7.05. The molecule has 0 aliphatic rings. The number of hydrogen-bond acceptors (Lipinski definition) is 5. The predicted molar refractivity (Wildman–Crippen MR) is 80.9 cm³/mol. The van der Waals surface area contributed by atoms with Gasteiger partial charge in [0.2, 0.25) is 0 Å². The van der Waals surface area contributed by atoms with E-state index in [4.69, 9.17) is 5.84 Å². The number of nitrogens with one attached hydrogen (secondary N) is 2. The second-order valence-corrected chi connectivity index (χ2v) is 5.58. The summed E-state index contributed by atoms with van der Waals surface area (Å²) in [5, 5.41) is 3.46. The van der Waals surface area contributed by atoms with Crippen molar-refractivity contribution < 1.29 is 0 Å². The number of nitrogens with zero attached hydrogens (tertiary/aromatic N) is 2. The lowest BCUT2D eigenvalue weighted by Gasteiger charge is -2.26. The monoisotopic (exact) mass is 265 g/mol. The number of nitrogen functional groups attached to an aromatic ring is 1. The van der Waals surface area contributed by atoms with Gasteiger partial charge in [-0.15, -0.1) is 0 Å². The minimum atomic E-state index is 0.619. The molecule has 0 saturated carbocycles. The van der Waals surface area contributed by atoms with E-state index in [0.717, 1.165) is 24.3 Å². The molecule has 0 unspecified atom stereocenters. The molecule has 19 heavy (non-hydrogen) atoms. The van der Waals surface area contributed by atoms with Gasteiger partial charge >= 0.3 is 0 Å². The molecule has 0 aliphatic heterocycles. The molecule has 5 heteroatoms. The number of nitrogens with two attached hydrogens (primary N) is 1. The lowest BCUT2D eigenvalue weighted by Crippen LogP contribution is -2.25. The molecule has 0 spiro atoms. The van der Waals surface area contributed by atoms with E-state index in [1.165, 1.54) is 6.33 Å². The minimum absolute atomic E-state index is 0.619. The van der Waals surface area contributed by atoms with Gasteiger partial charge in [0.05, 0.1) is 0 Å². The summed E-state index contributed by atoms with van der Waals surface area (Å²) < 4.78 is 0. The van der Waals surface area contributed by atoms with Gasteiger partial charge < -0.3 is 10.7 Å². The van der Waals surface area contributed by atoms with E-state index in [2.05, 4.69) is 55.3 Å². The number of hydrazine groups is 1. The topological polar surface area (TPSA) is 75.9 Å². The van der Waals surface area contributed by atoms with Crippen molar-refractivity contribution in [3.63, 3.8) is 0 Å². The summed E-state index contributed by atoms with van der Waals surface area (Å²) in [6.45, 7) is 12.1. The van der Waals surface area contributed by atoms with Crippen LogP contribution >= 0.6 is 0 Å². The molecule has 0 bridgehead atoms. The van der Waals surface area contributed by atoms with Gasteiger partial charge in [0.1, 0.15) is 18.0 Å². The van der Waals surface area contributed by atoms with Crippen molar-refractivity contribution in [2.24, 2.45) is 23.6 Å². The zero-order valence-corrected chi connectivity index (χ0v) is 12.7. The first kappa shape index (κ1) is 15.7. The molecule has 5 nitrogen and oxygen atoms in total. The van der Waals surface area contributed by atoms with Crippen LogP contribution in [0.25, 0.3) is 0 Å². The fraction of sp³-hybridized carbons (Fsp3) is 0.714. The average Bonchev–Trinajstić information content (AvgIpc) is 2.37. The van der Waals surface area contributed by atoms with Crippen molar-refractivity contribution in [1.29, 1.82) is 0 Å². The van der Waals surface area contributed by atoms with E-state index in [1.807, 2.05) is 0 Å². The van der Waals surface area contributed by atoms with Crippen molar-refractivity contribution in [2.45, 2.75) is 41.0 Å². The van der Waals surface area contributed by atoms with Crippen LogP contribution < -0.4 is 16.6 Å². The maximum absolute atomic E-state index is 5.48. The minimum Gasteiger partial charge on any atom is -0.369 e. The molecule has 1 aromatic heterocycles. The highest BCUT2D eigenvalue weighted by atomic mass is 15.3. The van der Waals surface area contributed by atoms with Crippen molar-refractivity contribution in [3.8, 4) is 0 Å². The Morgan fingerprint density at radius 3 is 2.16 bits per heavy atom. The van der Waals surface area contributed by atoms with Crippen LogP contribution in [-0.4, -0.2) is 16.5 Å². The number of rotatable bonds is 7. The van der Waals surface area contributed by atoms with E-state index in [-0.39, 0.29) is 0 Å². The van der Waals surface area contributed by atoms with Crippen LogP contribution in [-0.2, 0) is 6.42 Å². The predicted octanol–water partition coefficient (Wildman–Crippen LogP) is 2.66. The Hall–Kier alpha value is -1.36. The summed E-state index contributed by atoms with van der Waals surface area (Å²) in [6.07, 6.45) is 2.38. The van der Waals surface area contributed by atoms with Gasteiger partial charge in [-0.1, -0.05) is 34.6 Å². The molecular weight excluding hydrogens is 238 g/mol. The summed E-state index contributed by atoms with van der Waals surface area (Å²) >= 11 is 0. The number of aromatic nitrogens is 2. The molecule has 1 heterocycles. The number of anilines is 2. The Morgan fingerprint density at radius 1 is 1.11 bits per heavy atom. The largest absolute Gasteiger partial charge is 0.369 e. The van der Waals surface area contributed by atoms with Gasteiger partial charge in [0, 0.05) is 12.1 Å². The number of hydrogen-bond donors (Lipinski definition) is 3. The van der Waals surface area contributed by atoms with Gasteiger partial charge in [-0.3, -0.25) is 0 Å². The first-order chi connectivity index (χ1) is 9.01. The van der Waals surface area contributed by atoms with E-state index in [0.29, 0.717) is 23.6 Å². The summed E-state index contributed by atoms with van der Waals surface area (Å²) in [7, 11) is 0. The molecule has 0 radical (unpaired) electrons. The maximum Gasteiger partial charge on any atom is 0.148 e. The van der Waals surface area contributed by atoms with Crippen LogP contribution in [0.1, 0.15) is 40.2 Å². The van der Waals surface area contributed by atoms with Gasteiger partial charge in [-0.2, -0.15) is 0 Å². The highest BCUT2D eigenvalue weighted by Gasteiger charge is 2.18. The molecule has 0 fully saturated rings. The Balaban J connectivity index is 2.82. The third-order valence-electron chi connectivity index (χ3n) is 3.65. The summed E-state index contributed by atoms with van der Waals surface area (Å²) in [5.41, 5.74) is 3.67. The van der Waals surface area contributed by atoms with Gasteiger partial charge in [0.25, 0.3) is 0 Å². The third-order valence-corrected chi connectivity index (χ3v) is 3.65. The summed E-state index contributed by atoms with van der Waals surface area (Å²) in [6, 6.07) is 0. The van der Waals surface area contributed by atoms with E-state index >= 15 is 0 Å². The molecular formula is C14H27N5. The normalized spacial score (nSPS) is 11.4. The Labute approximate surface area is 116 Å². The Kier molecular flexibility index (Phi) is 6.02. The molecule has 0 saturated heterocycles. The van der Waals surface area contributed by atoms with E-state index < -0.39 is 0 Å². The van der Waals surface area contributed by atoms with Crippen molar-refractivity contribution in [2.75, 3.05) is 17.3 Å². The second kappa shape index (κ2) is 7.28. The lowest BCUT2D eigenvalue weighted by molar-refractivity contribution is 0.304. The molecule has 0 amide bonds. The highest BCUT2D eigenvalue weighted by Crippen LogP contribution is 2.23. The summed E-state index contributed by atoms with van der Waals surface area (Å²) in [5.74, 6) is 8.97. The van der Waals surface area contributed by atoms with Crippen LogP contribution in [0.5, 0.6) is 0 Å². The van der Waals surface area contributed by atoms with Crippen molar-refractivity contribution >= 4 is 11.6 Å². The maximum atomic E-state index is 5.48. The molecule has 0 aliphatic carbocycles. The zero-order valence-electron chi connectivity index (χ0n) is 12.7. The zero-order chi connectivity index (χ0) is 14.4. The quantitative estimate of drug-likeness (QED) is 0.522. The van der Waals surface area contributed by atoms with Crippen molar-refractivity contribution in [1.82, 2.24) is 9.97 Å². The first-order valence-electron chi connectivity index (χ1n) is 7.05. The standard InChI is InChI=1S/C14H27N5/c1-6-11-13(17-8-18-14(11)19-15)16-7-12(9(2)3)10(4)5/h8-10,12H,6-7,15H2,1-5H3,(H2,16,17,18,19). The fourth-order valence-corrected chi connectivity index (χ4v) is 2.48. The fourth-order valence-electron chi connectivity index (χ4n) is 2.48. The van der Waals surface area contributed by atoms with E-state index in [1.54, 1.807) is 0 Å². The smallest absolute Gasteiger partial charge is 0.148 e. The SMILES string of the molecule is CCc1c(NN)ncnc1NCC(C(C)C)C(C)C. The summed E-state index contributed by atoms with van der Waals surface area (Å²) in [4.78, 5) is 8.47. The van der Waals surface area contributed by atoms with Crippen LogP contribution in [0.4, 0.5) is 11.6 Å². The van der Waals surface area contributed by atoms with Crippen LogP contribution in [0, 0.1) is 17.8 Å². The van der Waals surface area contributed by atoms with Gasteiger partial charge in [-0.25, -0.2) is 15.8 Å². The molecule has 1 rings (SSSR count). The second-order valence-electron chi connectivity index (χ2n) is 5.58. The van der Waals surface area contributed by atoms with E-state index in [9.17, 15) is 0 Å². The molecule has 0 aromatic carbocycles. The lowest BCUT2D eigenvalue weighted by atomic mass is 9.85. The molecule has 4 N–H and O–H groups in total. The van der Waals surface area contributed by atoms with Crippen molar-refractivity contribution in [3.05, 3.63) is 11.9 Å². The van der Waals surface area contributed by atoms with Crippen LogP contribution in [0.3, 0.4) is 0 Å². The van der Waals surface area contributed by atoms with Crippen LogP contribution in [0.15, 0.2) is 6.33 Å².